The van der Waals surface area contributed by atoms with E-state index >= 15 is 0 Å². The molecule has 16 heteroatoms. The molecule has 15 nitrogen and oxygen atoms in total. The number of carbonyl (C=O) groups is 1. The van der Waals surface area contributed by atoms with Crippen molar-refractivity contribution in [3.8, 4) is 11.5 Å². The molecule has 1 aromatic rings. The fourth-order valence-electron chi connectivity index (χ4n) is 3.26. The summed E-state index contributed by atoms with van der Waals surface area (Å²) in [5.41, 5.74) is 1.85. The molecule has 1 aromatic carbocycles. The summed E-state index contributed by atoms with van der Waals surface area (Å²) in [4.78, 5) is 64.3. The molecular formula is C17H21N6O9P. The van der Waals surface area contributed by atoms with Crippen molar-refractivity contribution in [1.29, 1.82) is 0 Å². The summed E-state index contributed by atoms with van der Waals surface area (Å²) < 4.78 is 16.3. The summed E-state index contributed by atoms with van der Waals surface area (Å²) in [5, 5.41) is 22.5. The maximum atomic E-state index is 12.6. The average molecular weight is 484 g/mol. The van der Waals surface area contributed by atoms with Gasteiger partial charge in [0.2, 0.25) is 0 Å². The van der Waals surface area contributed by atoms with E-state index in [1.165, 1.54) is 4.57 Å². The summed E-state index contributed by atoms with van der Waals surface area (Å²) in [6.07, 6.45) is -2.01. The Morgan fingerprint density at radius 3 is 2.61 bits per heavy atom. The van der Waals surface area contributed by atoms with Gasteiger partial charge in [0.1, 0.15) is 12.1 Å². The molecule has 0 bridgehead atoms. The zero-order valence-electron chi connectivity index (χ0n) is 17.3. The number of hydrogen-bond donors (Lipinski definition) is 7. The number of anilines is 1. The molecule has 3 rings (SSSR count). The van der Waals surface area contributed by atoms with Crippen LogP contribution in [0.2, 0.25) is 0 Å². The second-order valence-corrected chi connectivity index (χ2v) is 8.30. The number of aromatic nitrogens is 4. The minimum absolute atomic E-state index is 0.184. The Kier molecular flexibility index (Phi) is 7.04. The minimum Gasteiger partial charge on any atom is -0.388 e. The maximum absolute atomic E-state index is 12.6. The highest BCUT2D eigenvalue weighted by atomic mass is 31.2. The third kappa shape index (κ3) is 5.31. The molecule has 2 atom stereocenters. The summed E-state index contributed by atoms with van der Waals surface area (Å²) in [6, 6.07) is 1.75. The van der Waals surface area contributed by atoms with Crippen molar-refractivity contribution >= 4 is 30.3 Å². The molecule has 0 amide bonds. The number of benzene rings is 1. The van der Waals surface area contributed by atoms with E-state index in [4.69, 9.17) is 9.79 Å². The van der Waals surface area contributed by atoms with Gasteiger partial charge in [-0.25, -0.2) is 14.3 Å². The number of aromatic amines is 1. The highest BCUT2D eigenvalue weighted by Crippen LogP contribution is 2.35. The molecule has 178 valence electrons. The Balaban J connectivity index is 2.14. The minimum atomic E-state index is -4.95. The third-order valence-electron chi connectivity index (χ3n) is 4.82. The summed E-state index contributed by atoms with van der Waals surface area (Å²) in [6.45, 7) is 0.319. The molecule has 2 aliphatic heterocycles. The van der Waals surface area contributed by atoms with Gasteiger partial charge in [-0.05, 0) is 24.6 Å². The second kappa shape index (κ2) is 9.44. The van der Waals surface area contributed by atoms with Crippen LogP contribution in [0.1, 0.15) is 5.56 Å². The first-order chi connectivity index (χ1) is 15.4. The van der Waals surface area contributed by atoms with Gasteiger partial charge < -0.3 is 30.0 Å². The van der Waals surface area contributed by atoms with E-state index in [1.807, 2.05) is 4.98 Å². The fourth-order valence-corrected chi connectivity index (χ4v) is 3.59. The van der Waals surface area contributed by atoms with Crippen LogP contribution in [0.4, 0.5) is 5.69 Å². The number of aliphatic hydroxyl groups is 1. The van der Waals surface area contributed by atoms with E-state index in [0.717, 1.165) is 5.56 Å². The Hall–Kier alpha value is -3.04. The van der Waals surface area contributed by atoms with Gasteiger partial charge in [0.05, 0.1) is 17.6 Å². The normalized spacial score (nSPS) is 13.9. The van der Waals surface area contributed by atoms with Gasteiger partial charge in [-0.3, -0.25) is 19.1 Å². The number of phosphoric ester groups is 1. The molecule has 2 aliphatic rings. The lowest BCUT2D eigenvalue weighted by atomic mass is 10.1. The quantitative estimate of drug-likeness (QED) is 0.102. The first-order valence-electron chi connectivity index (χ1n) is 9.39. The van der Waals surface area contributed by atoms with Crippen molar-refractivity contribution in [3.05, 3.63) is 38.5 Å². The Labute approximate surface area is 184 Å². The number of hydroxylamine groups is 1. The fraction of sp³-hybridized carbons (Fsp3) is 0.353. The number of hydrogen-bond acceptors (Lipinski definition) is 11. The SMILES string of the molecule is CNc1cc2c(cc1C)nc1c(=O)[nH]c(=O)nc-1n2CC(NO)C(=O)C(O)COP(=O)(O)O. The van der Waals surface area contributed by atoms with Crippen LogP contribution in [-0.2, 0) is 20.4 Å². The molecule has 33 heavy (non-hydrogen) atoms. The molecule has 0 fully saturated rings. The van der Waals surface area contributed by atoms with Crippen molar-refractivity contribution in [2.45, 2.75) is 25.6 Å². The largest absolute Gasteiger partial charge is 0.469 e. The van der Waals surface area contributed by atoms with Gasteiger partial charge >= 0.3 is 13.5 Å². The number of Topliss-reactive ketones (excluding diaryl/α,β-unsaturated/α-hetero) is 1. The second-order valence-electron chi connectivity index (χ2n) is 7.06. The number of aliphatic hydroxyl groups excluding tert-OH is 1. The highest BCUT2D eigenvalue weighted by molar-refractivity contribution is 7.46. The van der Waals surface area contributed by atoms with Crippen molar-refractivity contribution in [2.24, 2.45) is 0 Å². The Bertz CT molecular complexity index is 1330. The molecule has 0 saturated heterocycles. The molecule has 0 saturated carbocycles. The van der Waals surface area contributed by atoms with Gasteiger partial charge in [0.15, 0.2) is 17.3 Å². The van der Waals surface area contributed by atoms with E-state index in [2.05, 4.69) is 19.8 Å². The number of nitrogens with one attached hydrogen (secondary N) is 3. The molecule has 2 unspecified atom stereocenters. The van der Waals surface area contributed by atoms with E-state index in [0.29, 0.717) is 16.7 Å². The lowest BCUT2D eigenvalue weighted by Gasteiger charge is -2.23. The standard InChI is InChI=1S/C17H21N6O9P/c1-7-3-9-11(4-8(7)18-2)23(15-13(19-9)16(26)21-17(27)20-15)5-10(22-28)14(25)12(24)6-32-33(29,30)31/h3-4,10,12,18,22,24,28H,5-6H2,1-2H3,(H,21,26,27)(H2,29,30,31). The third-order valence-corrected chi connectivity index (χ3v) is 5.30. The van der Waals surface area contributed by atoms with Crippen LogP contribution in [-0.4, -0.2) is 71.2 Å². The predicted octanol–water partition coefficient (Wildman–Crippen LogP) is -1.68. The Morgan fingerprint density at radius 2 is 2.00 bits per heavy atom. The van der Waals surface area contributed by atoms with E-state index < -0.39 is 50.2 Å². The van der Waals surface area contributed by atoms with E-state index in [9.17, 15) is 29.3 Å². The smallest absolute Gasteiger partial charge is 0.388 e. The van der Waals surface area contributed by atoms with Gasteiger partial charge in [-0.15, -0.1) is 0 Å². The first-order valence-corrected chi connectivity index (χ1v) is 10.9. The van der Waals surface area contributed by atoms with Crippen molar-refractivity contribution in [3.63, 3.8) is 0 Å². The molecule has 0 aliphatic carbocycles. The number of rotatable bonds is 9. The van der Waals surface area contributed by atoms with Crippen LogP contribution in [0.15, 0.2) is 21.7 Å². The van der Waals surface area contributed by atoms with E-state index in [-0.39, 0.29) is 11.5 Å². The first kappa shape index (κ1) is 24.6. The molecule has 0 radical (unpaired) electrons. The predicted molar refractivity (Wildman–Crippen MR) is 113 cm³/mol. The maximum Gasteiger partial charge on any atom is 0.469 e. The zero-order valence-corrected chi connectivity index (χ0v) is 18.2. The number of carbonyl (C=O) groups excluding carboxylic acids is 1. The number of ketones is 1. The monoisotopic (exact) mass is 484 g/mol. The van der Waals surface area contributed by atoms with Crippen molar-refractivity contribution in [1.82, 2.24) is 25.0 Å². The van der Waals surface area contributed by atoms with E-state index in [1.54, 1.807) is 31.6 Å². The summed E-state index contributed by atoms with van der Waals surface area (Å²) in [7, 11) is -3.28. The van der Waals surface area contributed by atoms with Gasteiger partial charge in [0, 0.05) is 19.3 Å². The van der Waals surface area contributed by atoms with Gasteiger partial charge in [0.25, 0.3) is 5.56 Å². The van der Waals surface area contributed by atoms with Gasteiger partial charge in [-0.1, -0.05) is 0 Å². The molecule has 0 spiro atoms. The van der Waals surface area contributed by atoms with Crippen LogP contribution in [0.25, 0.3) is 22.6 Å². The van der Waals surface area contributed by atoms with Crippen LogP contribution < -0.4 is 22.0 Å². The number of aryl methyl sites for hydroxylation is 1. The van der Waals surface area contributed by atoms with Crippen LogP contribution in [0.5, 0.6) is 0 Å². The number of nitrogens with zero attached hydrogens (tertiary/aromatic N) is 3. The highest BCUT2D eigenvalue weighted by Gasteiger charge is 2.30. The van der Waals surface area contributed by atoms with Crippen LogP contribution in [0.3, 0.4) is 0 Å². The number of phosphoric acid groups is 1. The summed E-state index contributed by atoms with van der Waals surface area (Å²) in [5.74, 6) is -1.26. The van der Waals surface area contributed by atoms with Crippen LogP contribution >= 0.6 is 7.82 Å². The van der Waals surface area contributed by atoms with Gasteiger partial charge in [-0.2, -0.15) is 10.5 Å². The zero-order chi connectivity index (χ0) is 24.5. The number of fused-ring (bicyclic) bond motifs is 2. The van der Waals surface area contributed by atoms with Crippen LogP contribution in [0, 0.1) is 6.92 Å². The van der Waals surface area contributed by atoms with Crippen molar-refractivity contribution in [2.75, 3.05) is 19.0 Å². The lowest BCUT2D eigenvalue weighted by Crippen LogP contribution is -2.46. The summed E-state index contributed by atoms with van der Waals surface area (Å²) >= 11 is 0. The molecule has 7 N–H and O–H groups in total. The number of H-pyrrole nitrogens is 1. The molecule has 0 aromatic heterocycles. The lowest BCUT2D eigenvalue weighted by molar-refractivity contribution is -0.133. The molecular weight excluding hydrogens is 463 g/mol. The average Bonchev–Trinajstić information content (AvgIpc) is 2.74. The topological polar surface area (TPSA) is 229 Å². The Morgan fingerprint density at radius 1 is 1.30 bits per heavy atom. The van der Waals surface area contributed by atoms with Crippen molar-refractivity contribution < 1.29 is 34.0 Å². The molecule has 2 heterocycles.